The van der Waals surface area contributed by atoms with Crippen LogP contribution < -0.4 is 5.32 Å². The number of nitrogens with zero attached hydrogens (tertiary/aromatic N) is 6. The fourth-order valence-electron chi connectivity index (χ4n) is 5.55. The zero-order valence-corrected chi connectivity index (χ0v) is 28.2. The Labute approximate surface area is 275 Å². The third kappa shape index (κ3) is 8.17. The molecule has 0 saturated heterocycles. The molecule has 11 heteroatoms. The fourth-order valence-corrected chi connectivity index (χ4v) is 5.55. The van der Waals surface area contributed by atoms with E-state index in [2.05, 4.69) is 64.6 Å². The number of carboxylic acid groups (broad SMARTS) is 1. The third-order valence-electron chi connectivity index (χ3n) is 7.67. The number of carbonyl (C=O) groups is 2. The van der Waals surface area contributed by atoms with Gasteiger partial charge in [0.15, 0.2) is 0 Å². The predicted molar refractivity (Wildman–Crippen MR) is 187 cm³/mol. The topological polar surface area (TPSA) is 123 Å². The second-order valence-corrected chi connectivity index (χ2v) is 13.6. The van der Waals surface area contributed by atoms with Crippen molar-refractivity contribution in [2.45, 2.75) is 33.9 Å². The summed E-state index contributed by atoms with van der Waals surface area (Å²) < 4.78 is 1.82. The van der Waals surface area contributed by atoms with E-state index < -0.39 is 6.09 Å². The molecule has 47 heavy (non-hydrogen) atoms. The molecule has 0 aliphatic rings. The highest BCUT2D eigenvalue weighted by molar-refractivity contribution is 5.99. The van der Waals surface area contributed by atoms with Gasteiger partial charge in [-0.15, -0.1) is 0 Å². The van der Waals surface area contributed by atoms with Crippen molar-refractivity contribution in [2.75, 3.05) is 46.6 Å². The summed E-state index contributed by atoms with van der Waals surface area (Å²) in [7, 11) is 7.50. The highest BCUT2D eigenvalue weighted by Gasteiger charge is 2.22. The number of anilines is 1. The highest BCUT2D eigenvalue weighted by Crippen LogP contribution is 2.37. The lowest BCUT2D eigenvalue weighted by Crippen LogP contribution is -2.38. The van der Waals surface area contributed by atoms with Gasteiger partial charge in [-0.25, -0.2) is 14.6 Å². The summed E-state index contributed by atoms with van der Waals surface area (Å²) in [4.78, 5) is 37.5. The number of hydrogen-bond acceptors (Lipinski definition) is 5. The van der Waals surface area contributed by atoms with E-state index in [1.54, 1.807) is 20.3 Å². The van der Waals surface area contributed by atoms with Gasteiger partial charge in [-0.1, -0.05) is 51.1 Å². The zero-order valence-electron chi connectivity index (χ0n) is 28.2. The number of benzene rings is 2. The minimum absolute atomic E-state index is 0.177. The lowest BCUT2D eigenvalue weighted by molar-refractivity contribution is 0.123. The maximum atomic E-state index is 12.2. The van der Waals surface area contributed by atoms with Crippen LogP contribution in [0.4, 0.5) is 15.3 Å². The van der Waals surface area contributed by atoms with Crippen LogP contribution in [0.5, 0.6) is 0 Å². The molecule has 246 valence electrons. The average molecular weight is 637 g/mol. The fraction of sp³-hybridized carbons (Fsp3) is 0.333. The quantitative estimate of drug-likeness (QED) is 0.153. The van der Waals surface area contributed by atoms with Gasteiger partial charge in [0.2, 0.25) is 0 Å². The first-order valence-electron chi connectivity index (χ1n) is 15.6. The van der Waals surface area contributed by atoms with Crippen molar-refractivity contribution in [1.29, 1.82) is 0 Å². The lowest BCUT2D eigenvalue weighted by Gasteiger charge is -2.27. The van der Waals surface area contributed by atoms with Gasteiger partial charge < -0.3 is 30.1 Å². The Hall–Kier alpha value is -5.16. The molecule has 0 atom stereocenters. The molecule has 0 fully saturated rings. The number of hydrogen-bond donors (Lipinski definition) is 3. The van der Waals surface area contributed by atoms with Gasteiger partial charge in [0.1, 0.15) is 11.3 Å². The van der Waals surface area contributed by atoms with E-state index in [1.807, 2.05) is 62.0 Å². The van der Waals surface area contributed by atoms with Crippen molar-refractivity contribution < 1.29 is 14.7 Å². The Bertz CT molecular complexity index is 1870. The average Bonchev–Trinajstić information content (AvgIpc) is 3.64. The SMILES string of the molecule is CN(C)Cc1cccc(-c2cc3c(-c4cn(CCN(CC(C)(C)C)C(=O)O)nc4-c4ccc(NC(=O)N(C)C)cc4)ccnc3[nH]2)c1. The molecular weight excluding hydrogens is 592 g/mol. The Morgan fingerprint density at radius 3 is 2.36 bits per heavy atom. The molecule has 0 aliphatic carbocycles. The molecule has 3 heterocycles. The molecule has 3 amide bonds. The first-order valence-corrected chi connectivity index (χ1v) is 15.6. The van der Waals surface area contributed by atoms with Crippen molar-refractivity contribution in [3.63, 3.8) is 0 Å². The van der Waals surface area contributed by atoms with Crippen LogP contribution in [0, 0.1) is 5.41 Å². The van der Waals surface area contributed by atoms with Crippen molar-refractivity contribution in [3.05, 3.63) is 78.6 Å². The highest BCUT2D eigenvalue weighted by atomic mass is 16.4. The maximum absolute atomic E-state index is 12.2. The Kier molecular flexibility index (Phi) is 9.67. The molecule has 0 unspecified atom stereocenters. The number of amides is 3. The molecule has 11 nitrogen and oxygen atoms in total. The summed E-state index contributed by atoms with van der Waals surface area (Å²) in [6.07, 6.45) is 2.82. The van der Waals surface area contributed by atoms with Gasteiger partial charge in [0, 0.05) is 74.0 Å². The standard InChI is InChI=1S/C36H44N8O3/c1-36(2,3)23-43(35(46)47)17-18-44-22-30(32(40-44)25-11-13-27(14-12-25)38-34(45)42(6)7)28-15-16-37-33-29(28)20-31(39-33)26-10-8-9-24(19-26)21-41(4)5/h8-16,19-20,22H,17-18,21,23H2,1-7H3,(H,37,39)(H,38,45)(H,46,47). The minimum Gasteiger partial charge on any atom is -0.465 e. The Morgan fingerprint density at radius 2 is 1.70 bits per heavy atom. The van der Waals surface area contributed by atoms with Gasteiger partial charge in [0.25, 0.3) is 0 Å². The minimum atomic E-state index is -0.951. The molecule has 5 rings (SSSR count). The molecule has 0 radical (unpaired) electrons. The van der Waals surface area contributed by atoms with Crippen LogP contribution in [0.1, 0.15) is 26.3 Å². The van der Waals surface area contributed by atoms with Crippen molar-refractivity contribution in [3.8, 4) is 33.6 Å². The van der Waals surface area contributed by atoms with Crippen LogP contribution in [0.15, 0.2) is 73.1 Å². The largest absolute Gasteiger partial charge is 0.465 e. The number of urea groups is 1. The molecule has 3 aromatic heterocycles. The Morgan fingerprint density at radius 1 is 0.957 bits per heavy atom. The number of pyridine rings is 1. The summed E-state index contributed by atoms with van der Waals surface area (Å²) in [6, 6.07) is 20.0. The van der Waals surface area contributed by atoms with E-state index in [1.165, 1.54) is 15.4 Å². The van der Waals surface area contributed by atoms with E-state index in [0.29, 0.717) is 25.3 Å². The van der Waals surface area contributed by atoms with Crippen LogP contribution in [0.2, 0.25) is 0 Å². The first kappa shape index (κ1) is 33.2. The molecular formula is C36H44N8O3. The number of H-pyrrole nitrogens is 1. The molecule has 0 saturated carbocycles. The maximum Gasteiger partial charge on any atom is 0.407 e. The van der Waals surface area contributed by atoms with E-state index in [4.69, 9.17) is 5.10 Å². The van der Waals surface area contributed by atoms with Crippen LogP contribution in [-0.4, -0.2) is 93.0 Å². The van der Waals surface area contributed by atoms with Crippen molar-refractivity contribution >= 4 is 28.8 Å². The van der Waals surface area contributed by atoms with E-state index in [9.17, 15) is 14.7 Å². The summed E-state index contributed by atoms with van der Waals surface area (Å²) >= 11 is 0. The zero-order chi connectivity index (χ0) is 33.9. The third-order valence-corrected chi connectivity index (χ3v) is 7.67. The molecule has 5 aromatic rings. The number of rotatable bonds is 10. The van der Waals surface area contributed by atoms with Gasteiger partial charge in [-0.2, -0.15) is 5.10 Å². The number of aromatic amines is 1. The summed E-state index contributed by atoms with van der Waals surface area (Å²) in [5.74, 6) is 0. The van der Waals surface area contributed by atoms with Crippen molar-refractivity contribution in [2.24, 2.45) is 5.41 Å². The van der Waals surface area contributed by atoms with Crippen LogP contribution in [-0.2, 0) is 13.1 Å². The molecule has 0 spiro atoms. The molecule has 2 aromatic carbocycles. The van der Waals surface area contributed by atoms with Gasteiger partial charge in [-0.05, 0) is 66.5 Å². The smallest absolute Gasteiger partial charge is 0.407 e. The van der Waals surface area contributed by atoms with Gasteiger partial charge in [0.05, 0.1) is 6.54 Å². The second kappa shape index (κ2) is 13.7. The Balaban J connectivity index is 1.55. The molecule has 0 bridgehead atoms. The summed E-state index contributed by atoms with van der Waals surface area (Å²) in [5.41, 5.74) is 7.98. The number of carbonyl (C=O) groups excluding carboxylic acids is 1. The number of nitrogens with one attached hydrogen (secondary N) is 2. The summed E-state index contributed by atoms with van der Waals surface area (Å²) in [5, 5.41) is 18.7. The second-order valence-electron chi connectivity index (χ2n) is 13.6. The normalized spacial score (nSPS) is 11.7. The van der Waals surface area contributed by atoms with Crippen LogP contribution in [0.25, 0.3) is 44.7 Å². The van der Waals surface area contributed by atoms with E-state index in [-0.39, 0.29) is 11.4 Å². The van der Waals surface area contributed by atoms with Crippen molar-refractivity contribution in [1.82, 2.24) is 34.4 Å². The van der Waals surface area contributed by atoms with Crippen LogP contribution >= 0.6 is 0 Å². The number of aromatic nitrogens is 4. The van der Waals surface area contributed by atoms with Gasteiger partial charge >= 0.3 is 12.1 Å². The lowest BCUT2D eigenvalue weighted by atomic mass is 9.96. The predicted octanol–water partition coefficient (Wildman–Crippen LogP) is 6.94. The van der Waals surface area contributed by atoms with E-state index >= 15 is 0 Å². The molecule has 3 N–H and O–H groups in total. The molecule has 0 aliphatic heterocycles. The van der Waals surface area contributed by atoms with Crippen LogP contribution in [0.3, 0.4) is 0 Å². The van der Waals surface area contributed by atoms with Gasteiger partial charge in [-0.3, -0.25) is 4.68 Å². The number of fused-ring (bicyclic) bond motifs is 1. The first-order chi connectivity index (χ1) is 22.3. The summed E-state index contributed by atoms with van der Waals surface area (Å²) in [6.45, 7) is 8.01. The monoisotopic (exact) mass is 636 g/mol. The van der Waals surface area contributed by atoms with E-state index in [0.717, 1.165) is 51.2 Å².